The first-order chi connectivity index (χ1) is 15.1. The van der Waals surface area contributed by atoms with Crippen LogP contribution in [0.3, 0.4) is 0 Å². The standard InChI is InChI=1S/C23H28N2O5S2/c1-31(27,28)22-10-8-21(9-11-22)18-24-13-5-14-25(16-15-24)23(26)19-32(29,30)17-12-20-6-3-2-4-7-20/h2-4,6-12,17H,5,13-16,18-19H2,1H3. The van der Waals surface area contributed by atoms with Crippen molar-refractivity contribution in [3.8, 4) is 0 Å². The number of hydrogen-bond donors (Lipinski definition) is 0. The highest BCUT2D eigenvalue weighted by Gasteiger charge is 2.23. The van der Waals surface area contributed by atoms with Gasteiger partial charge < -0.3 is 4.90 Å². The van der Waals surface area contributed by atoms with Gasteiger partial charge in [0.25, 0.3) is 0 Å². The lowest BCUT2D eigenvalue weighted by molar-refractivity contribution is -0.128. The maximum Gasteiger partial charge on any atom is 0.238 e. The molecule has 32 heavy (non-hydrogen) atoms. The maximum absolute atomic E-state index is 12.6. The Morgan fingerprint density at radius 2 is 1.59 bits per heavy atom. The van der Waals surface area contributed by atoms with E-state index in [0.29, 0.717) is 26.2 Å². The van der Waals surface area contributed by atoms with E-state index in [-0.39, 0.29) is 10.8 Å². The van der Waals surface area contributed by atoms with E-state index in [1.807, 2.05) is 18.2 Å². The van der Waals surface area contributed by atoms with Crippen molar-refractivity contribution in [1.82, 2.24) is 9.80 Å². The topological polar surface area (TPSA) is 91.8 Å². The van der Waals surface area contributed by atoms with Gasteiger partial charge in [-0.15, -0.1) is 0 Å². The molecule has 0 bridgehead atoms. The molecule has 0 spiro atoms. The molecule has 0 atom stereocenters. The van der Waals surface area contributed by atoms with E-state index in [1.54, 1.807) is 41.3 Å². The van der Waals surface area contributed by atoms with Gasteiger partial charge in [0.2, 0.25) is 5.91 Å². The number of nitrogens with zero attached hydrogens (tertiary/aromatic N) is 2. The van der Waals surface area contributed by atoms with Crippen LogP contribution in [0.5, 0.6) is 0 Å². The van der Waals surface area contributed by atoms with Crippen LogP contribution in [0.15, 0.2) is 64.9 Å². The van der Waals surface area contributed by atoms with Crippen LogP contribution in [0.2, 0.25) is 0 Å². The summed E-state index contributed by atoms with van der Waals surface area (Å²) >= 11 is 0. The van der Waals surface area contributed by atoms with Gasteiger partial charge in [-0.2, -0.15) is 0 Å². The fraction of sp³-hybridized carbons (Fsp3) is 0.348. The van der Waals surface area contributed by atoms with Gasteiger partial charge in [-0.05, 0) is 35.8 Å². The lowest BCUT2D eigenvalue weighted by Crippen LogP contribution is -2.38. The highest BCUT2D eigenvalue weighted by Crippen LogP contribution is 2.14. The minimum atomic E-state index is -3.65. The van der Waals surface area contributed by atoms with Crippen molar-refractivity contribution in [2.24, 2.45) is 0 Å². The number of hydrogen-bond acceptors (Lipinski definition) is 6. The van der Waals surface area contributed by atoms with E-state index in [9.17, 15) is 21.6 Å². The number of sulfone groups is 2. The zero-order valence-electron chi connectivity index (χ0n) is 18.1. The zero-order chi connectivity index (χ0) is 23.2. The second kappa shape index (κ2) is 10.4. The lowest BCUT2D eigenvalue weighted by Gasteiger charge is -2.22. The van der Waals surface area contributed by atoms with Gasteiger partial charge in [0.15, 0.2) is 19.7 Å². The average Bonchev–Trinajstić information content (AvgIpc) is 2.98. The molecule has 9 heteroatoms. The Hall–Kier alpha value is -2.49. The Morgan fingerprint density at radius 1 is 0.906 bits per heavy atom. The lowest BCUT2D eigenvalue weighted by atomic mass is 10.2. The minimum absolute atomic E-state index is 0.288. The summed E-state index contributed by atoms with van der Waals surface area (Å²) in [5, 5.41) is 1.10. The summed E-state index contributed by atoms with van der Waals surface area (Å²) in [6.45, 7) is 3.01. The molecule has 172 valence electrons. The number of benzene rings is 2. The van der Waals surface area contributed by atoms with Gasteiger partial charge in [0, 0.05) is 44.4 Å². The van der Waals surface area contributed by atoms with Crippen LogP contribution in [0.25, 0.3) is 6.08 Å². The third-order valence-corrected chi connectivity index (χ3v) is 7.62. The van der Waals surface area contributed by atoms with Crippen molar-refractivity contribution in [2.45, 2.75) is 17.9 Å². The molecule has 2 aromatic carbocycles. The van der Waals surface area contributed by atoms with Gasteiger partial charge in [0.05, 0.1) is 4.90 Å². The van der Waals surface area contributed by atoms with Gasteiger partial charge in [0.1, 0.15) is 5.75 Å². The summed E-state index contributed by atoms with van der Waals surface area (Å²) in [6.07, 6.45) is 3.43. The number of carbonyl (C=O) groups is 1. The molecule has 0 saturated carbocycles. The number of amides is 1. The van der Waals surface area contributed by atoms with Crippen molar-refractivity contribution in [3.63, 3.8) is 0 Å². The predicted octanol–water partition coefficient (Wildman–Crippen LogP) is 2.21. The first-order valence-corrected chi connectivity index (χ1v) is 14.0. The average molecular weight is 477 g/mol. The molecule has 1 aliphatic rings. The summed E-state index contributed by atoms with van der Waals surface area (Å²) in [6, 6.07) is 15.9. The smallest absolute Gasteiger partial charge is 0.238 e. The molecule has 1 heterocycles. The van der Waals surface area contributed by atoms with E-state index in [0.717, 1.165) is 29.5 Å². The molecule has 1 saturated heterocycles. The molecule has 0 aromatic heterocycles. The third-order valence-electron chi connectivity index (χ3n) is 5.29. The highest BCUT2D eigenvalue weighted by atomic mass is 32.2. The molecular formula is C23H28N2O5S2. The second-order valence-corrected chi connectivity index (χ2v) is 11.8. The number of rotatable bonds is 7. The van der Waals surface area contributed by atoms with Gasteiger partial charge in [-0.25, -0.2) is 16.8 Å². The fourth-order valence-electron chi connectivity index (χ4n) is 3.54. The molecule has 1 aliphatic heterocycles. The third kappa shape index (κ3) is 7.29. The monoisotopic (exact) mass is 476 g/mol. The summed E-state index contributed by atoms with van der Waals surface area (Å²) in [5.41, 5.74) is 1.75. The van der Waals surface area contributed by atoms with Gasteiger partial charge in [-0.1, -0.05) is 42.5 Å². The van der Waals surface area contributed by atoms with Gasteiger partial charge in [-0.3, -0.25) is 9.69 Å². The number of carbonyl (C=O) groups excluding carboxylic acids is 1. The van der Waals surface area contributed by atoms with Crippen molar-refractivity contribution in [3.05, 3.63) is 71.1 Å². The maximum atomic E-state index is 12.6. The molecule has 0 N–H and O–H groups in total. The quantitative estimate of drug-likeness (QED) is 0.609. The van der Waals surface area contributed by atoms with Crippen LogP contribution < -0.4 is 0 Å². The highest BCUT2D eigenvalue weighted by molar-refractivity contribution is 7.95. The van der Waals surface area contributed by atoms with Crippen LogP contribution in [0.4, 0.5) is 0 Å². The van der Waals surface area contributed by atoms with E-state index in [1.165, 1.54) is 12.3 Å². The molecule has 2 aromatic rings. The van der Waals surface area contributed by atoms with Crippen molar-refractivity contribution >= 4 is 31.7 Å². The predicted molar refractivity (Wildman–Crippen MR) is 125 cm³/mol. The molecule has 0 radical (unpaired) electrons. The van der Waals surface area contributed by atoms with Gasteiger partial charge >= 0.3 is 0 Å². The summed E-state index contributed by atoms with van der Waals surface area (Å²) in [4.78, 5) is 16.7. The summed E-state index contributed by atoms with van der Waals surface area (Å²) in [7, 11) is -6.88. The summed E-state index contributed by atoms with van der Waals surface area (Å²) < 4.78 is 47.9. The normalized spacial score (nSPS) is 16.2. The Labute approximate surface area is 190 Å². The first-order valence-electron chi connectivity index (χ1n) is 10.4. The van der Waals surface area contributed by atoms with Crippen LogP contribution >= 0.6 is 0 Å². The van der Waals surface area contributed by atoms with E-state index in [2.05, 4.69) is 4.90 Å². The second-order valence-electron chi connectivity index (χ2n) is 7.95. The van der Waals surface area contributed by atoms with Crippen molar-refractivity contribution < 1.29 is 21.6 Å². The molecular weight excluding hydrogens is 448 g/mol. The van der Waals surface area contributed by atoms with E-state index >= 15 is 0 Å². The first kappa shape index (κ1) is 24.2. The minimum Gasteiger partial charge on any atom is -0.340 e. The Morgan fingerprint density at radius 3 is 2.25 bits per heavy atom. The Bertz CT molecular complexity index is 1160. The molecule has 1 fully saturated rings. The molecule has 1 amide bonds. The van der Waals surface area contributed by atoms with Crippen LogP contribution in [0.1, 0.15) is 17.5 Å². The Kier molecular flexibility index (Phi) is 7.86. The SMILES string of the molecule is CS(=O)(=O)c1ccc(CN2CCCN(C(=O)CS(=O)(=O)C=Cc3ccccc3)CC2)cc1. The molecule has 0 aliphatic carbocycles. The van der Waals surface area contributed by atoms with Crippen LogP contribution in [-0.2, 0) is 31.0 Å². The van der Waals surface area contributed by atoms with Crippen LogP contribution in [0, 0.1) is 0 Å². The molecule has 7 nitrogen and oxygen atoms in total. The van der Waals surface area contributed by atoms with Crippen molar-refractivity contribution in [2.75, 3.05) is 38.2 Å². The zero-order valence-corrected chi connectivity index (χ0v) is 19.7. The van der Waals surface area contributed by atoms with Crippen molar-refractivity contribution in [1.29, 1.82) is 0 Å². The fourth-order valence-corrected chi connectivity index (χ4v) is 5.15. The van der Waals surface area contributed by atoms with E-state index < -0.39 is 25.4 Å². The molecule has 0 unspecified atom stereocenters. The largest absolute Gasteiger partial charge is 0.340 e. The van der Waals surface area contributed by atoms with Crippen LogP contribution in [-0.4, -0.2) is 70.7 Å². The molecule has 3 rings (SSSR count). The Balaban J connectivity index is 1.54. The van der Waals surface area contributed by atoms with E-state index in [4.69, 9.17) is 0 Å². The summed E-state index contributed by atoms with van der Waals surface area (Å²) in [5.74, 6) is -0.925.